The monoisotopic (exact) mass is 407 g/mol. The molecule has 1 heterocycles. The summed E-state index contributed by atoms with van der Waals surface area (Å²) in [6.07, 6.45) is 1.70. The van der Waals surface area contributed by atoms with Gasteiger partial charge >= 0.3 is 0 Å². The number of hydrogen-bond acceptors (Lipinski definition) is 5. The normalized spacial score (nSPS) is 10.7. The molecule has 5 nitrogen and oxygen atoms in total. The van der Waals surface area contributed by atoms with Crippen molar-refractivity contribution in [3.8, 4) is 5.75 Å². The molecule has 150 valence electrons. The molecule has 0 saturated heterocycles. The molecular formula is C23H25N3O2S. The van der Waals surface area contributed by atoms with Crippen molar-refractivity contribution in [2.75, 3.05) is 27.2 Å². The molecule has 29 heavy (non-hydrogen) atoms. The van der Waals surface area contributed by atoms with Crippen LogP contribution in [0.15, 0.2) is 82.8 Å². The fourth-order valence-corrected chi connectivity index (χ4v) is 3.51. The van der Waals surface area contributed by atoms with Crippen molar-refractivity contribution in [2.45, 2.75) is 16.5 Å². The van der Waals surface area contributed by atoms with Crippen LogP contribution in [0.2, 0.25) is 0 Å². The molecule has 0 radical (unpaired) electrons. The lowest BCUT2D eigenvalue weighted by Gasteiger charge is -2.12. The summed E-state index contributed by atoms with van der Waals surface area (Å²) in [4.78, 5) is 20.3. The highest BCUT2D eigenvalue weighted by molar-refractivity contribution is 7.99. The van der Waals surface area contributed by atoms with E-state index in [0.29, 0.717) is 23.7 Å². The van der Waals surface area contributed by atoms with Gasteiger partial charge in [-0.25, -0.2) is 4.98 Å². The summed E-state index contributed by atoms with van der Waals surface area (Å²) in [6.45, 7) is 1.90. The quantitative estimate of drug-likeness (QED) is 0.579. The Hall–Kier alpha value is -2.83. The van der Waals surface area contributed by atoms with Crippen LogP contribution in [-0.4, -0.2) is 43.0 Å². The smallest absolute Gasteiger partial charge is 0.254 e. The van der Waals surface area contributed by atoms with E-state index < -0.39 is 0 Å². The summed E-state index contributed by atoms with van der Waals surface area (Å²) in [5.41, 5.74) is 1.56. The zero-order valence-corrected chi connectivity index (χ0v) is 17.5. The fraction of sp³-hybridized carbons (Fsp3) is 0.217. The van der Waals surface area contributed by atoms with Crippen LogP contribution < -0.4 is 10.1 Å². The molecule has 6 heteroatoms. The Morgan fingerprint density at radius 2 is 1.90 bits per heavy atom. The van der Waals surface area contributed by atoms with Crippen LogP contribution >= 0.6 is 11.8 Å². The Morgan fingerprint density at radius 1 is 1.07 bits per heavy atom. The average Bonchev–Trinajstić information content (AvgIpc) is 2.73. The van der Waals surface area contributed by atoms with Crippen molar-refractivity contribution in [1.82, 2.24) is 15.2 Å². The highest BCUT2D eigenvalue weighted by Gasteiger charge is 2.13. The summed E-state index contributed by atoms with van der Waals surface area (Å²) in [7, 11) is 4.02. The largest absolute Gasteiger partial charge is 0.492 e. The van der Waals surface area contributed by atoms with Gasteiger partial charge < -0.3 is 15.0 Å². The van der Waals surface area contributed by atoms with Crippen LogP contribution in [0.4, 0.5) is 0 Å². The summed E-state index contributed by atoms with van der Waals surface area (Å²) in [5, 5.41) is 3.68. The number of likely N-dealkylation sites (N-methyl/N-ethyl adjacent to an activating group) is 1. The maximum Gasteiger partial charge on any atom is 0.254 e. The Kier molecular flexibility index (Phi) is 7.67. The van der Waals surface area contributed by atoms with Gasteiger partial charge in [0, 0.05) is 24.2 Å². The second-order valence-electron chi connectivity index (χ2n) is 6.75. The number of ether oxygens (including phenoxy) is 1. The number of benzene rings is 2. The number of aromatic nitrogens is 1. The van der Waals surface area contributed by atoms with Crippen LogP contribution in [0.1, 0.15) is 15.9 Å². The molecule has 1 aromatic heterocycles. The van der Waals surface area contributed by atoms with Gasteiger partial charge in [0.25, 0.3) is 5.91 Å². The second-order valence-corrected chi connectivity index (χ2v) is 7.82. The van der Waals surface area contributed by atoms with E-state index in [9.17, 15) is 4.79 Å². The Labute approximate surface area is 176 Å². The number of pyridine rings is 1. The Balaban J connectivity index is 1.61. The van der Waals surface area contributed by atoms with Gasteiger partial charge in [0.1, 0.15) is 17.4 Å². The number of carbonyl (C=O) groups excluding carboxylic acids is 1. The summed E-state index contributed by atoms with van der Waals surface area (Å²) in [5.74, 6) is 0.663. The van der Waals surface area contributed by atoms with E-state index in [1.54, 1.807) is 18.3 Å². The molecule has 2 aromatic carbocycles. The first kappa shape index (κ1) is 20.9. The second kappa shape index (κ2) is 10.6. The molecule has 0 fully saturated rings. The predicted octanol–water partition coefficient (Wildman–Crippen LogP) is 4.10. The lowest BCUT2D eigenvalue weighted by atomic mass is 10.2. The van der Waals surface area contributed by atoms with E-state index >= 15 is 0 Å². The van der Waals surface area contributed by atoms with Gasteiger partial charge in [-0.3, -0.25) is 4.79 Å². The maximum atomic E-state index is 12.8. The molecule has 0 saturated carbocycles. The minimum atomic E-state index is -0.143. The van der Waals surface area contributed by atoms with Crippen molar-refractivity contribution in [1.29, 1.82) is 0 Å². The molecular weight excluding hydrogens is 382 g/mol. The number of carbonyl (C=O) groups is 1. The number of nitrogens with zero attached hydrogens (tertiary/aromatic N) is 2. The Morgan fingerprint density at radius 3 is 2.69 bits per heavy atom. The number of rotatable bonds is 9. The molecule has 0 aliphatic rings. The first-order valence-electron chi connectivity index (χ1n) is 9.44. The standard InChI is InChI=1S/C23H25N3O2S/c1-26(2)14-15-28-19-9-6-8-18(16-19)17-25-22(27)21-12-7-13-24-23(21)29-20-10-4-3-5-11-20/h3-13,16H,14-15,17H2,1-2H3,(H,25,27). The third-order valence-electron chi connectivity index (χ3n) is 4.13. The van der Waals surface area contributed by atoms with E-state index in [0.717, 1.165) is 22.8 Å². The van der Waals surface area contributed by atoms with Crippen LogP contribution in [-0.2, 0) is 6.54 Å². The molecule has 3 aromatic rings. The maximum absolute atomic E-state index is 12.8. The first-order valence-corrected chi connectivity index (χ1v) is 10.3. The van der Waals surface area contributed by atoms with Crippen molar-refractivity contribution >= 4 is 17.7 Å². The number of nitrogens with one attached hydrogen (secondary N) is 1. The highest BCUT2D eigenvalue weighted by atomic mass is 32.2. The lowest BCUT2D eigenvalue weighted by Crippen LogP contribution is -2.23. The zero-order chi connectivity index (χ0) is 20.5. The van der Waals surface area contributed by atoms with Crippen molar-refractivity contribution in [3.63, 3.8) is 0 Å². The zero-order valence-electron chi connectivity index (χ0n) is 16.7. The van der Waals surface area contributed by atoms with E-state index in [-0.39, 0.29) is 5.91 Å². The minimum Gasteiger partial charge on any atom is -0.492 e. The van der Waals surface area contributed by atoms with Crippen LogP contribution in [0.5, 0.6) is 5.75 Å². The molecule has 3 rings (SSSR count). The highest BCUT2D eigenvalue weighted by Crippen LogP contribution is 2.28. The van der Waals surface area contributed by atoms with Crippen LogP contribution in [0, 0.1) is 0 Å². The van der Waals surface area contributed by atoms with Gasteiger partial charge in [-0.15, -0.1) is 0 Å². The number of hydrogen-bond donors (Lipinski definition) is 1. The van der Waals surface area contributed by atoms with Crippen LogP contribution in [0.3, 0.4) is 0 Å². The van der Waals surface area contributed by atoms with E-state index in [2.05, 4.69) is 15.2 Å². The molecule has 1 N–H and O–H groups in total. The van der Waals surface area contributed by atoms with Crippen molar-refractivity contribution in [2.24, 2.45) is 0 Å². The number of amides is 1. The SMILES string of the molecule is CN(C)CCOc1cccc(CNC(=O)c2cccnc2Sc2ccccc2)c1. The third kappa shape index (κ3) is 6.62. The molecule has 0 aliphatic heterocycles. The third-order valence-corrected chi connectivity index (χ3v) is 5.16. The predicted molar refractivity (Wildman–Crippen MR) is 116 cm³/mol. The van der Waals surface area contributed by atoms with Crippen molar-refractivity contribution in [3.05, 3.63) is 84.1 Å². The molecule has 0 bridgehead atoms. The van der Waals surface area contributed by atoms with Gasteiger partial charge in [-0.05, 0) is 56.1 Å². The summed E-state index contributed by atoms with van der Waals surface area (Å²) >= 11 is 1.48. The van der Waals surface area contributed by atoms with E-state index in [1.165, 1.54) is 11.8 Å². The Bertz CT molecular complexity index is 932. The summed E-state index contributed by atoms with van der Waals surface area (Å²) < 4.78 is 5.77. The molecule has 0 spiro atoms. The molecule has 0 atom stereocenters. The van der Waals surface area contributed by atoms with Crippen LogP contribution in [0.25, 0.3) is 0 Å². The van der Waals surface area contributed by atoms with E-state index in [1.807, 2.05) is 68.7 Å². The van der Waals surface area contributed by atoms with Gasteiger partial charge in [0.15, 0.2) is 0 Å². The molecule has 0 unspecified atom stereocenters. The topological polar surface area (TPSA) is 54.5 Å². The fourth-order valence-electron chi connectivity index (χ4n) is 2.61. The van der Waals surface area contributed by atoms with Gasteiger partial charge in [0.2, 0.25) is 0 Å². The van der Waals surface area contributed by atoms with Gasteiger partial charge in [0.05, 0.1) is 5.56 Å². The molecule has 1 amide bonds. The lowest BCUT2D eigenvalue weighted by molar-refractivity contribution is 0.0947. The summed E-state index contributed by atoms with van der Waals surface area (Å²) in [6, 6.07) is 21.3. The van der Waals surface area contributed by atoms with Crippen molar-refractivity contribution < 1.29 is 9.53 Å². The minimum absolute atomic E-state index is 0.143. The first-order chi connectivity index (χ1) is 14.1. The van der Waals surface area contributed by atoms with Gasteiger partial charge in [-0.1, -0.05) is 42.1 Å². The van der Waals surface area contributed by atoms with E-state index in [4.69, 9.17) is 4.74 Å². The average molecular weight is 408 g/mol. The molecule has 0 aliphatic carbocycles. The van der Waals surface area contributed by atoms with Gasteiger partial charge in [-0.2, -0.15) is 0 Å².